The second-order valence-corrected chi connectivity index (χ2v) is 10.4. The summed E-state index contributed by atoms with van der Waals surface area (Å²) in [5.74, 6) is 0.0880. The van der Waals surface area contributed by atoms with E-state index in [1.165, 1.54) is 22.8 Å². The quantitative estimate of drug-likeness (QED) is 0.360. The van der Waals surface area contributed by atoms with E-state index in [-0.39, 0.29) is 22.2 Å². The predicted molar refractivity (Wildman–Crippen MR) is 150 cm³/mol. The molecular weight excluding hydrogens is 545 g/mol. The summed E-state index contributed by atoms with van der Waals surface area (Å²) in [6, 6.07) is 18.5. The number of benzene rings is 3. The molecule has 1 aliphatic rings. The lowest BCUT2D eigenvalue weighted by Crippen LogP contribution is -2.40. The van der Waals surface area contributed by atoms with Crippen LogP contribution in [0.3, 0.4) is 0 Å². The Balaban J connectivity index is 1.70. The minimum Gasteiger partial charge on any atom is -0.506 e. The number of methoxy groups -OCH3 is 1. The van der Waals surface area contributed by atoms with Crippen molar-refractivity contribution in [1.29, 1.82) is 0 Å². The molecule has 4 aromatic rings. The van der Waals surface area contributed by atoms with E-state index < -0.39 is 6.04 Å². The molecule has 0 unspecified atom stereocenters. The van der Waals surface area contributed by atoms with Gasteiger partial charge in [0, 0.05) is 16.3 Å². The Bertz CT molecular complexity index is 1760. The standard InChI is InChI=1S/C28H21Cl2N3O4S/c1-15-23(26(35)32-19-6-4-3-5-7-19)24(16-8-10-20(37-2)11-9-16)33-27(36)22(38-28(33)31-15)13-17-12-18(29)14-21(30)25(17)34/h3-14,24,34H,1-2H3,(H,32,35)/b22-13+/t24-/m0/s1. The summed E-state index contributed by atoms with van der Waals surface area (Å²) >= 11 is 13.3. The molecule has 38 heavy (non-hydrogen) atoms. The predicted octanol–water partition coefficient (Wildman–Crippen LogP) is 4.89. The van der Waals surface area contributed by atoms with Crippen molar-refractivity contribution in [2.75, 3.05) is 12.4 Å². The highest BCUT2D eigenvalue weighted by Gasteiger charge is 2.32. The highest BCUT2D eigenvalue weighted by Crippen LogP contribution is 2.33. The van der Waals surface area contributed by atoms with Gasteiger partial charge in [-0.05, 0) is 55.0 Å². The van der Waals surface area contributed by atoms with Gasteiger partial charge in [-0.1, -0.05) is 64.9 Å². The normalized spacial score (nSPS) is 15.2. The van der Waals surface area contributed by atoms with E-state index in [0.29, 0.717) is 48.2 Å². The number of carbonyl (C=O) groups is 1. The highest BCUT2D eigenvalue weighted by atomic mass is 35.5. The molecule has 0 saturated heterocycles. The lowest BCUT2D eigenvalue weighted by atomic mass is 9.95. The topological polar surface area (TPSA) is 92.9 Å². The molecule has 0 fully saturated rings. The number of amides is 1. The molecule has 0 spiro atoms. The number of hydrogen-bond donors (Lipinski definition) is 2. The second kappa shape index (κ2) is 10.5. The van der Waals surface area contributed by atoms with Gasteiger partial charge >= 0.3 is 0 Å². The number of halogens is 2. The Kier molecular flexibility index (Phi) is 7.12. The number of allylic oxidation sites excluding steroid dienone is 1. The van der Waals surface area contributed by atoms with Gasteiger partial charge < -0.3 is 15.2 Å². The number of carbonyl (C=O) groups excluding carboxylic acids is 1. The van der Waals surface area contributed by atoms with Crippen LogP contribution >= 0.6 is 34.5 Å². The summed E-state index contributed by atoms with van der Waals surface area (Å²) in [5.41, 5.74) is 2.08. The fourth-order valence-corrected chi connectivity index (χ4v) is 5.82. The Morgan fingerprint density at radius 3 is 2.53 bits per heavy atom. The number of rotatable bonds is 5. The molecule has 10 heteroatoms. The number of anilines is 1. The van der Waals surface area contributed by atoms with Crippen LogP contribution in [-0.4, -0.2) is 22.7 Å². The summed E-state index contributed by atoms with van der Waals surface area (Å²) in [4.78, 5) is 32.4. The van der Waals surface area contributed by atoms with Crippen molar-refractivity contribution >= 4 is 52.2 Å². The van der Waals surface area contributed by atoms with Crippen molar-refractivity contribution in [2.45, 2.75) is 13.0 Å². The third-order valence-electron chi connectivity index (χ3n) is 6.07. The van der Waals surface area contributed by atoms with Crippen molar-refractivity contribution in [3.63, 3.8) is 0 Å². The molecule has 192 valence electrons. The van der Waals surface area contributed by atoms with Crippen LogP contribution in [0.25, 0.3) is 6.08 Å². The number of hydrogen-bond acceptors (Lipinski definition) is 6. The first-order valence-electron chi connectivity index (χ1n) is 11.5. The van der Waals surface area contributed by atoms with Crippen LogP contribution in [-0.2, 0) is 4.79 Å². The van der Waals surface area contributed by atoms with Crippen LogP contribution in [0.4, 0.5) is 5.69 Å². The lowest BCUT2D eigenvalue weighted by molar-refractivity contribution is -0.113. The molecule has 1 amide bonds. The molecule has 0 bridgehead atoms. The first kappa shape index (κ1) is 25.8. The van der Waals surface area contributed by atoms with Gasteiger partial charge in [0.2, 0.25) is 0 Å². The largest absolute Gasteiger partial charge is 0.506 e. The zero-order chi connectivity index (χ0) is 27.0. The first-order chi connectivity index (χ1) is 18.3. The van der Waals surface area contributed by atoms with Gasteiger partial charge in [0.05, 0.1) is 34.0 Å². The minimum atomic E-state index is -0.750. The fourth-order valence-electron chi connectivity index (χ4n) is 4.27. The molecule has 3 aromatic carbocycles. The van der Waals surface area contributed by atoms with Gasteiger partial charge in [-0.15, -0.1) is 0 Å². The minimum absolute atomic E-state index is 0.0725. The number of nitrogens with one attached hydrogen (secondary N) is 1. The molecule has 1 aromatic heterocycles. The summed E-state index contributed by atoms with van der Waals surface area (Å²) in [5, 5.41) is 13.7. The number of para-hydroxylation sites is 1. The number of ether oxygens (including phenoxy) is 1. The van der Waals surface area contributed by atoms with Crippen LogP contribution in [0, 0.1) is 0 Å². The van der Waals surface area contributed by atoms with E-state index >= 15 is 0 Å². The summed E-state index contributed by atoms with van der Waals surface area (Å²) < 4.78 is 7.09. The first-order valence-corrected chi connectivity index (χ1v) is 13.0. The lowest BCUT2D eigenvalue weighted by Gasteiger charge is -2.25. The fraction of sp³-hybridized carbons (Fsp3) is 0.107. The Hall–Kier alpha value is -3.85. The molecule has 7 nitrogen and oxygen atoms in total. The SMILES string of the molecule is COc1ccc([C@H]2C(C(=O)Nc3ccccc3)=C(C)N=c3s/c(=C/c4cc(Cl)cc(Cl)c4O)c(=O)n32)cc1. The summed E-state index contributed by atoms with van der Waals surface area (Å²) in [6.07, 6.45) is 1.52. The molecule has 2 N–H and O–H groups in total. The van der Waals surface area contributed by atoms with Gasteiger partial charge in [0.25, 0.3) is 11.5 Å². The van der Waals surface area contributed by atoms with Crippen molar-refractivity contribution in [3.05, 3.63) is 119 Å². The Morgan fingerprint density at radius 2 is 1.84 bits per heavy atom. The number of phenols is 1. The van der Waals surface area contributed by atoms with Gasteiger partial charge in [-0.25, -0.2) is 4.99 Å². The van der Waals surface area contributed by atoms with Gasteiger partial charge in [-0.2, -0.15) is 0 Å². The van der Waals surface area contributed by atoms with Gasteiger partial charge in [-0.3, -0.25) is 14.2 Å². The molecule has 0 saturated carbocycles. The van der Waals surface area contributed by atoms with Crippen LogP contribution in [0.5, 0.6) is 11.5 Å². The van der Waals surface area contributed by atoms with E-state index in [1.54, 1.807) is 38.3 Å². The number of nitrogens with zero attached hydrogens (tertiary/aromatic N) is 2. The van der Waals surface area contributed by atoms with E-state index in [0.717, 1.165) is 11.3 Å². The Morgan fingerprint density at radius 1 is 1.13 bits per heavy atom. The molecular formula is C28H21Cl2N3O4S. The van der Waals surface area contributed by atoms with Crippen molar-refractivity contribution in [2.24, 2.45) is 4.99 Å². The monoisotopic (exact) mass is 565 g/mol. The summed E-state index contributed by atoms with van der Waals surface area (Å²) in [7, 11) is 1.57. The number of aromatic hydroxyl groups is 1. The van der Waals surface area contributed by atoms with Crippen molar-refractivity contribution in [3.8, 4) is 11.5 Å². The maximum Gasteiger partial charge on any atom is 0.271 e. The van der Waals surface area contributed by atoms with E-state index in [1.807, 2.05) is 30.3 Å². The van der Waals surface area contributed by atoms with Crippen LogP contribution in [0.1, 0.15) is 24.1 Å². The average molecular weight is 566 g/mol. The number of aromatic nitrogens is 1. The van der Waals surface area contributed by atoms with Crippen LogP contribution in [0.15, 0.2) is 87.8 Å². The third kappa shape index (κ3) is 4.86. The average Bonchev–Trinajstić information content (AvgIpc) is 3.20. The molecule has 1 atom stereocenters. The van der Waals surface area contributed by atoms with E-state index in [4.69, 9.17) is 27.9 Å². The summed E-state index contributed by atoms with van der Waals surface area (Å²) in [6.45, 7) is 1.75. The zero-order valence-electron chi connectivity index (χ0n) is 20.2. The number of thiazole rings is 1. The van der Waals surface area contributed by atoms with Crippen LogP contribution in [0.2, 0.25) is 10.0 Å². The van der Waals surface area contributed by atoms with E-state index in [9.17, 15) is 14.7 Å². The molecule has 1 aliphatic heterocycles. The van der Waals surface area contributed by atoms with Gasteiger partial charge in [0.1, 0.15) is 11.5 Å². The maximum absolute atomic E-state index is 13.8. The number of fused-ring (bicyclic) bond motifs is 1. The maximum atomic E-state index is 13.8. The van der Waals surface area contributed by atoms with Crippen molar-refractivity contribution < 1.29 is 14.6 Å². The molecule has 0 aliphatic carbocycles. The molecule has 0 radical (unpaired) electrons. The Labute approximate surface area is 231 Å². The number of phenolic OH excluding ortho intramolecular Hbond substituents is 1. The third-order valence-corrected chi connectivity index (χ3v) is 7.56. The highest BCUT2D eigenvalue weighted by molar-refractivity contribution is 7.07. The van der Waals surface area contributed by atoms with Crippen LogP contribution < -0.4 is 24.9 Å². The van der Waals surface area contributed by atoms with Crippen molar-refractivity contribution in [1.82, 2.24) is 4.57 Å². The van der Waals surface area contributed by atoms with E-state index in [2.05, 4.69) is 10.3 Å². The van der Waals surface area contributed by atoms with Gasteiger partial charge in [0.15, 0.2) is 4.80 Å². The second-order valence-electron chi connectivity index (χ2n) is 8.50. The molecule has 5 rings (SSSR count). The zero-order valence-corrected chi connectivity index (χ0v) is 22.6. The smallest absolute Gasteiger partial charge is 0.271 e. The molecule has 2 heterocycles.